The molecule has 1 aliphatic heterocycles. The fourth-order valence-corrected chi connectivity index (χ4v) is 2.08. The number of imide groups is 1. The number of phenols is 1. The van der Waals surface area contributed by atoms with Gasteiger partial charge in [0.1, 0.15) is 5.75 Å². The van der Waals surface area contributed by atoms with E-state index in [1.807, 2.05) is 12.1 Å². The lowest BCUT2D eigenvalue weighted by molar-refractivity contribution is -0.123. The van der Waals surface area contributed by atoms with Crippen LogP contribution in [-0.2, 0) is 16.0 Å². The van der Waals surface area contributed by atoms with Gasteiger partial charge in [-0.25, -0.2) is 4.79 Å². The minimum Gasteiger partial charge on any atom is -0.508 e. The van der Waals surface area contributed by atoms with E-state index in [4.69, 9.17) is 9.84 Å². The van der Waals surface area contributed by atoms with Crippen molar-refractivity contribution < 1.29 is 19.4 Å². The van der Waals surface area contributed by atoms with Gasteiger partial charge in [-0.15, -0.1) is 0 Å². The molecule has 1 saturated heterocycles. The molecule has 1 aliphatic rings. The van der Waals surface area contributed by atoms with E-state index in [-0.39, 0.29) is 11.7 Å². The molecular weight excluding hydrogens is 246 g/mol. The first kappa shape index (κ1) is 13.4. The molecule has 2 N–H and O–H groups in total. The fourth-order valence-electron chi connectivity index (χ4n) is 2.08. The van der Waals surface area contributed by atoms with E-state index in [1.54, 1.807) is 12.1 Å². The van der Waals surface area contributed by atoms with E-state index in [9.17, 15) is 9.59 Å². The number of unbranched alkanes of at least 4 members (excludes halogenated alkanes) is 2. The number of nitrogens with one attached hydrogen (secondary N) is 1. The van der Waals surface area contributed by atoms with Gasteiger partial charge >= 0.3 is 6.09 Å². The summed E-state index contributed by atoms with van der Waals surface area (Å²) in [4.78, 5) is 22.0. The Bertz CT molecular complexity index is 455. The van der Waals surface area contributed by atoms with Crippen molar-refractivity contribution in [2.75, 3.05) is 0 Å². The topological polar surface area (TPSA) is 75.6 Å². The molecule has 1 aromatic carbocycles. The molecule has 1 atom stereocenters. The summed E-state index contributed by atoms with van der Waals surface area (Å²) in [7, 11) is 0. The summed E-state index contributed by atoms with van der Waals surface area (Å²) in [6.45, 7) is 0. The molecule has 102 valence electrons. The molecule has 0 saturated carbocycles. The molecule has 19 heavy (non-hydrogen) atoms. The number of phenolic OH excluding ortho intramolecular Hbond substituents is 1. The van der Waals surface area contributed by atoms with Crippen molar-refractivity contribution in [2.45, 2.75) is 38.2 Å². The number of benzene rings is 1. The van der Waals surface area contributed by atoms with E-state index < -0.39 is 12.2 Å². The van der Waals surface area contributed by atoms with Crippen LogP contribution in [-0.4, -0.2) is 23.2 Å². The molecule has 0 unspecified atom stereocenters. The van der Waals surface area contributed by atoms with Crippen LogP contribution in [0, 0.1) is 0 Å². The lowest BCUT2D eigenvalue weighted by Gasteiger charge is -2.06. The van der Waals surface area contributed by atoms with E-state index >= 15 is 0 Å². The van der Waals surface area contributed by atoms with Crippen molar-refractivity contribution in [3.63, 3.8) is 0 Å². The Hall–Kier alpha value is -2.04. The van der Waals surface area contributed by atoms with Gasteiger partial charge in [-0.05, 0) is 43.4 Å². The van der Waals surface area contributed by atoms with E-state index in [0.29, 0.717) is 6.42 Å². The third-order valence-electron chi connectivity index (χ3n) is 3.14. The third-order valence-corrected chi connectivity index (χ3v) is 3.14. The monoisotopic (exact) mass is 263 g/mol. The van der Waals surface area contributed by atoms with Crippen LogP contribution >= 0.6 is 0 Å². The molecule has 2 rings (SSSR count). The van der Waals surface area contributed by atoms with Crippen molar-refractivity contribution in [1.29, 1.82) is 0 Å². The average Bonchev–Trinajstić information content (AvgIpc) is 2.70. The second kappa shape index (κ2) is 6.22. The molecule has 1 aromatic rings. The number of hydrogen-bond donors (Lipinski definition) is 2. The van der Waals surface area contributed by atoms with Crippen LogP contribution in [0.1, 0.15) is 31.2 Å². The van der Waals surface area contributed by atoms with Crippen LogP contribution in [0.15, 0.2) is 24.3 Å². The first-order valence-electron chi connectivity index (χ1n) is 6.44. The van der Waals surface area contributed by atoms with Gasteiger partial charge in [0.15, 0.2) is 6.10 Å². The molecule has 1 heterocycles. The van der Waals surface area contributed by atoms with Crippen LogP contribution in [0.5, 0.6) is 5.75 Å². The van der Waals surface area contributed by atoms with Gasteiger partial charge in [-0.3, -0.25) is 10.1 Å². The average molecular weight is 263 g/mol. The molecule has 0 bridgehead atoms. The molecule has 0 radical (unpaired) electrons. The summed E-state index contributed by atoms with van der Waals surface area (Å²) in [6.07, 6.45) is 3.10. The molecule has 0 spiro atoms. The molecule has 5 heteroatoms. The van der Waals surface area contributed by atoms with Crippen molar-refractivity contribution in [2.24, 2.45) is 0 Å². The summed E-state index contributed by atoms with van der Waals surface area (Å²) in [5, 5.41) is 11.3. The van der Waals surface area contributed by atoms with E-state index in [1.165, 1.54) is 5.56 Å². The second-order valence-corrected chi connectivity index (χ2v) is 4.65. The Morgan fingerprint density at radius 1 is 1.11 bits per heavy atom. The van der Waals surface area contributed by atoms with Crippen LogP contribution in [0.3, 0.4) is 0 Å². The number of amides is 2. The zero-order chi connectivity index (χ0) is 13.7. The normalized spacial score (nSPS) is 18.2. The Balaban J connectivity index is 1.61. The van der Waals surface area contributed by atoms with Crippen molar-refractivity contribution in [3.05, 3.63) is 29.8 Å². The molecule has 1 fully saturated rings. The largest absolute Gasteiger partial charge is 0.508 e. The summed E-state index contributed by atoms with van der Waals surface area (Å²) in [6, 6.07) is 7.17. The highest BCUT2D eigenvalue weighted by Crippen LogP contribution is 2.15. The molecule has 0 aromatic heterocycles. The predicted octanol–water partition coefficient (Wildman–Crippen LogP) is 2.13. The third kappa shape index (κ3) is 3.98. The molecule has 0 aliphatic carbocycles. The number of carbonyl (C=O) groups excluding carboxylic acids is 2. The number of aromatic hydroxyl groups is 1. The van der Waals surface area contributed by atoms with Gasteiger partial charge in [0.05, 0.1) is 0 Å². The van der Waals surface area contributed by atoms with Crippen molar-refractivity contribution in [1.82, 2.24) is 5.32 Å². The SMILES string of the molecule is O=C1NC(=O)[C@@H](CCCCCc2ccc(O)cc2)O1. The van der Waals surface area contributed by atoms with Crippen molar-refractivity contribution in [3.8, 4) is 5.75 Å². The minimum atomic E-state index is -0.640. The van der Waals surface area contributed by atoms with Gasteiger partial charge in [-0.1, -0.05) is 18.6 Å². The Labute approximate surface area is 111 Å². The van der Waals surface area contributed by atoms with Gasteiger partial charge in [0.25, 0.3) is 5.91 Å². The number of hydrogen-bond acceptors (Lipinski definition) is 4. The summed E-state index contributed by atoms with van der Waals surface area (Å²) >= 11 is 0. The summed E-state index contributed by atoms with van der Waals surface area (Å²) in [5.74, 6) is -0.0543. The first-order chi connectivity index (χ1) is 9.15. The maximum Gasteiger partial charge on any atom is 0.414 e. The van der Waals surface area contributed by atoms with Gasteiger partial charge in [0, 0.05) is 0 Å². The summed E-state index contributed by atoms with van der Waals surface area (Å²) in [5.41, 5.74) is 1.18. The van der Waals surface area contributed by atoms with Gasteiger partial charge < -0.3 is 9.84 Å². The standard InChI is InChI=1S/C14H17NO4/c16-11-8-6-10(7-9-11)4-2-1-3-5-12-13(17)15-14(18)19-12/h6-9,12,16H,1-5H2,(H,15,17,18)/t12-/m1/s1. The van der Waals surface area contributed by atoms with Crippen molar-refractivity contribution >= 4 is 12.0 Å². The number of rotatable bonds is 6. The fraction of sp³-hybridized carbons (Fsp3) is 0.429. The predicted molar refractivity (Wildman–Crippen MR) is 68.7 cm³/mol. The highest BCUT2D eigenvalue weighted by Gasteiger charge is 2.31. The maximum absolute atomic E-state index is 11.2. The quantitative estimate of drug-likeness (QED) is 0.771. The molecule has 5 nitrogen and oxygen atoms in total. The maximum atomic E-state index is 11.2. The molecular formula is C14H17NO4. The Kier molecular flexibility index (Phi) is 4.39. The number of cyclic esters (lactones) is 1. The van der Waals surface area contributed by atoms with E-state index in [2.05, 4.69) is 5.32 Å². The van der Waals surface area contributed by atoms with Crippen LogP contribution in [0.25, 0.3) is 0 Å². The van der Waals surface area contributed by atoms with Crippen LogP contribution in [0.4, 0.5) is 4.79 Å². The van der Waals surface area contributed by atoms with Gasteiger partial charge in [-0.2, -0.15) is 0 Å². The highest BCUT2D eigenvalue weighted by atomic mass is 16.6. The van der Waals surface area contributed by atoms with Crippen LogP contribution < -0.4 is 5.32 Å². The number of alkyl carbamates (subject to hydrolysis) is 1. The summed E-state index contributed by atoms with van der Waals surface area (Å²) < 4.78 is 4.82. The number of carbonyl (C=O) groups is 2. The van der Waals surface area contributed by atoms with Crippen LogP contribution in [0.2, 0.25) is 0 Å². The Morgan fingerprint density at radius 3 is 2.47 bits per heavy atom. The zero-order valence-corrected chi connectivity index (χ0v) is 10.6. The second-order valence-electron chi connectivity index (χ2n) is 4.65. The smallest absolute Gasteiger partial charge is 0.414 e. The first-order valence-corrected chi connectivity index (χ1v) is 6.44. The number of ether oxygens (including phenoxy) is 1. The Morgan fingerprint density at radius 2 is 1.84 bits per heavy atom. The number of aryl methyl sites for hydroxylation is 1. The zero-order valence-electron chi connectivity index (χ0n) is 10.6. The highest BCUT2D eigenvalue weighted by molar-refractivity contribution is 5.99. The van der Waals surface area contributed by atoms with E-state index in [0.717, 1.165) is 25.7 Å². The molecule has 2 amide bonds. The lowest BCUT2D eigenvalue weighted by atomic mass is 10.0. The van der Waals surface area contributed by atoms with Gasteiger partial charge in [0.2, 0.25) is 0 Å². The minimum absolute atomic E-state index is 0.276. The lowest BCUT2D eigenvalue weighted by Crippen LogP contribution is -2.24.